The number of nitrogens with zero attached hydrogens (tertiary/aromatic N) is 2. The first-order chi connectivity index (χ1) is 7.92. The highest BCUT2D eigenvalue weighted by atomic mass is 32.2. The van der Waals surface area contributed by atoms with Crippen molar-refractivity contribution >= 4 is 29.3 Å². The molecule has 0 aromatic carbocycles. The van der Waals surface area contributed by atoms with Crippen LogP contribution in [0.4, 0.5) is 0 Å². The lowest BCUT2D eigenvalue weighted by atomic mass is 9.88. The van der Waals surface area contributed by atoms with Gasteiger partial charge in [0.15, 0.2) is 4.34 Å². The van der Waals surface area contributed by atoms with Gasteiger partial charge in [0.05, 0.1) is 5.41 Å². The molecule has 0 saturated heterocycles. The Bertz CT molecular complexity index is 377. The van der Waals surface area contributed by atoms with Crippen molar-refractivity contribution in [2.75, 3.05) is 5.75 Å². The minimum Gasteiger partial charge on any atom is -0.481 e. The zero-order valence-electron chi connectivity index (χ0n) is 10.4. The van der Waals surface area contributed by atoms with E-state index in [1.807, 2.05) is 6.92 Å². The summed E-state index contributed by atoms with van der Waals surface area (Å²) >= 11 is 3.12. The van der Waals surface area contributed by atoms with E-state index in [-0.39, 0.29) is 0 Å². The molecule has 0 aliphatic rings. The molecule has 96 valence electrons. The average Bonchev–Trinajstić information content (AvgIpc) is 2.63. The van der Waals surface area contributed by atoms with Gasteiger partial charge in [-0.15, -0.1) is 0 Å². The third-order valence-corrected chi connectivity index (χ3v) is 4.52. The second-order valence-electron chi connectivity index (χ2n) is 4.60. The molecule has 0 spiro atoms. The van der Waals surface area contributed by atoms with Gasteiger partial charge < -0.3 is 5.11 Å². The standard InChI is InChI=1S/C11H18N2O2S2/c1-8-12-10(17-13-8)16-7-5-4-6-11(2,3)9(14)15/h4-7H2,1-3H3,(H,14,15). The third-order valence-electron chi connectivity index (χ3n) is 2.51. The highest BCUT2D eigenvalue weighted by Crippen LogP contribution is 2.26. The van der Waals surface area contributed by atoms with Gasteiger partial charge in [0, 0.05) is 5.75 Å². The Hall–Kier alpha value is -0.620. The van der Waals surface area contributed by atoms with E-state index in [9.17, 15) is 4.79 Å². The van der Waals surface area contributed by atoms with E-state index in [2.05, 4.69) is 9.36 Å². The van der Waals surface area contributed by atoms with Crippen LogP contribution in [0.15, 0.2) is 4.34 Å². The zero-order valence-corrected chi connectivity index (χ0v) is 12.0. The van der Waals surface area contributed by atoms with Crippen molar-refractivity contribution in [2.45, 2.75) is 44.4 Å². The number of carboxylic acid groups (broad SMARTS) is 1. The lowest BCUT2D eigenvalue weighted by Gasteiger charge is -2.18. The van der Waals surface area contributed by atoms with E-state index in [4.69, 9.17) is 5.11 Å². The number of carboxylic acids is 1. The van der Waals surface area contributed by atoms with Crippen LogP contribution in [0.25, 0.3) is 0 Å². The Morgan fingerprint density at radius 2 is 2.18 bits per heavy atom. The van der Waals surface area contributed by atoms with Gasteiger partial charge in [-0.1, -0.05) is 18.2 Å². The minimum atomic E-state index is -0.718. The van der Waals surface area contributed by atoms with Gasteiger partial charge in [-0.3, -0.25) is 4.79 Å². The number of hydrogen-bond donors (Lipinski definition) is 1. The third kappa shape index (κ3) is 5.04. The fraction of sp³-hybridized carbons (Fsp3) is 0.727. The Morgan fingerprint density at radius 3 is 2.71 bits per heavy atom. The van der Waals surface area contributed by atoms with Gasteiger partial charge in [0.25, 0.3) is 0 Å². The van der Waals surface area contributed by atoms with Gasteiger partial charge >= 0.3 is 5.97 Å². The van der Waals surface area contributed by atoms with Crippen molar-refractivity contribution in [3.63, 3.8) is 0 Å². The normalized spacial score (nSPS) is 11.7. The van der Waals surface area contributed by atoms with E-state index in [0.717, 1.165) is 35.2 Å². The molecule has 0 amide bonds. The summed E-state index contributed by atoms with van der Waals surface area (Å²) in [6.07, 6.45) is 2.67. The summed E-state index contributed by atoms with van der Waals surface area (Å²) in [6, 6.07) is 0. The molecule has 1 N–H and O–H groups in total. The lowest BCUT2D eigenvalue weighted by Crippen LogP contribution is -2.23. The predicted molar refractivity (Wildman–Crippen MR) is 70.6 cm³/mol. The fourth-order valence-electron chi connectivity index (χ4n) is 1.27. The number of aromatic nitrogens is 2. The molecule has 17 heavy (non-hydrogen) atoms. The first-order valence-electron chi connectivity index (χ1n) is 5.58. The molecule has 0 saturated carbocycles. The zero-order chi connectivity index (χ0) is 12.9. The van der Waals surface area contributed by atoms with Gasteiger partial charge in [-0.25, -0.2) is 4.98 Å². The smallest absolute Gasteiger partial charge is 0.309 e. The summed E-state index contributed by atoms with van der Waals surface area (Å²) in [6.45, 7) is 5.43. The highest BCUT2D eigenvalue weighted by molar-refractivity contribution is 8.00. The molecule has 1 aromatic rings. The summed E-state index contributed by atoms with van der Waals surface area (Å²) in [4.78, 5) is 15.1. The van der Waals surface area contributed by atoms with Gasteiger partial charge in [-0.05, 0) is 45.1 Å². The molecule has 0 unspecified atom stereocenters. The molecule has 1 aromatic heterocycles. The highest BCUT2D eigenvalue weighted by Gasteiger charge is 2.25. The first kappa shape index (κ1) is 14.4. The van der Waals surface area contributed by atoms with Crippen LogP contribution in [0, 0.1) is 12.3 Å². The molecule has 0 aliphatic carbocycles. The SMILES string of the molecule is Cc1nsc(SCCCCC(C)(C)C(=O)O)n1. The molecule has 0 fully saturated rings. The molecule has 1 rings (SSSR count). The van der Waals surface area contributed by atoms with Crippen LogP contribution in [0.2, 0.25) is 0 Å². The van der Waals surface area contributed by atoms with Crippen molar-refractivity contribution in [1.82, 2.24) is 9.36 Å². The largest absolute Gasteiger partial charge is 0.481 e. The topological polar surface area (TPSA) is 63.1 Å². The number of aliphatic carboxylic acids is 1. The van der Waals surface area contributed by atoms with E-state index < -0.39 is 11.4 Å². The Balaban J connectivity index is 2.15. The molecule has 0 radical (unpaired) electrons. The molecule has 0 aliphatic heterocycles. The van der Waals surface area contributed by atoms with Crippen LogP contribution in [-0.2, 0) is 4.79 Å². The van der Waals surface area contributed by atoms with E-state index in [1.54, 1.807) is 25.6 Å². The number of carbonyl (C=O) groups is 1. The first-order valence-corrected chi connectivity index (χ1v) is 7.34. The number of hydrogen-bond acceptors (Lipinski definition) is 5. The van der Waals surface area contributed by atoms with Crippen molar-refractivity contribution in [3.05, 3.63) is 5.82 Å². The molecule has 4 nitrogen and oxygen atoms in total. The molecule has 1 heterocycles. The Labute approximate surface area is 110 Å². The Kier molecular flexibility index (Phi) is 5.39. The van der Waals surface area contributed by atoms with E-state index >= 15 is 0 Å². The maximum Gasteiger partial charge on any atom is 0.309 e. The number of unbranched alkanes of at least 4 members (excludes halogenated alkanes) is 1. The van der Waals surface area contributed by atoms with Crippen molar-refractivity contribution in [2.24, 2.45) is 5.41 Å². The van der Waals surface area contributed by atoms with E-state index in [0.29, 0.717) is 0 Å². The maximum absolute atomic E-state index is 10.9. The summed E-state index contributed by atoms with van der Waals surface area (Å²) < 4.78 is 5.11. The van der Waals surface area contributed by atoms with Gasteiger partial charge in [0.1, 0.15) is 5.82 Å². The van der Waals surface area contributed by atoms with Crippen LogP contribution in [0.1, 0.15) is 38.9 Å². The molecule has 0 bridgehead atoms. The number of thioether (sulfide) groups is 1. The van der Waals surface area contributed by atoms with Crippen LogP contribution < -0.4 is 0 Å². The molecule has 0 atom stereocenters. The van der Waals surface area contributed by atoms with Crippen molar-refractivity contribution in [1.29, 1.82) is 0 Å². The second kappa shape index (κ2) is 6.35. The van der Waals surface area contributed by atoms with Crippen LogP contribution in [0.5, 0.6) is 0 Å². The molecular weight excluding hydrogens is 256 g/mol. The summed E-state index contributed by atoms with van der Waals surface area (Å²) in [5, 5.41) is 8.96. The lowest BCUT2D eigenvalue weighted by molar-refractivity contribution is -0.147. The van der Waals surface area contributed by atoms with Crippen molar-refractivity contribution in [3.8, 4) is 0 Å². The minimum absolute atomic E-state index is 0.607. The quantitative estimate of drug-likeness (QED) is 0.611. The monoisotopic (exact) mass is 274 g/mol. The van der Waals surface area contributed by atoms with Gasteiger partial charge in [0.2, 0.25) is 0 Å². The Morgan fingerprint density at radius 1 is 1.47 bits per heavy atom. The van der Waals surface area contributed by atoms with Crippen LogP contribution in [-0.4, -0.2) is 26.2 Å². The average molecular weight is 274 g/mol. The number of rotatable bonds is 7. The van der Waals surface area contributed by atoms with Gasteiger partial charge in [-0.2, -0.15) is 4.37 Å². The predicted octanol–water partition coefficient (Wildman–Crippen LogP) is 3.22. The summed E-state index contributed by atoms with van der Waals surface area (Å²) in [5.41, 5.74) is -0.607. The fourth-order valence-corrected chi connectivity index (χ4v) is 2.99. The summed E-state index contributed by atoms with van der Waals surface area (Å²) in [7, 11) is 0. The van der Waals surface area contributed by atoms with Crippen molar-refractivity contribution < 1.29 is 9.90 Å². The molecule has 6 heteroatoms. The molecular formula is C11H18N2O2S2. The van der Waals surface area contributed by atoms with Crippen LogP contribution >= 0.6 is 23.3 Å². The summed E-state index contributed by atoms with van der Waals surface area (Å²) in [5.74, 6) is 1.08. The van der Waals surface area contributed by atoms with Crippen LogP contribution in [0.3, 0.4) is 0 Å². The second-order valence-corrected chi connectivity index (χ2v) is 6.70. The number of aryl methyl sites for hydroxylation is 1. The van der Waals surface area contributed by atoms with E-state index in [1.165, 1.54) is 11.5 Å². The maximum atomic E-state index is 10.9.